The van der Waals surface area contributed by atoms with Gasteiger partial charge in [0, 0.05) is 6.04 Å². The summed E-state index contributed by atoms with van der Waals surface area (Å²) in [6.07, 6.45) is 1.49. The average molecular weight is 233 g/mol. The fourth-order valence-electron chi connectivity index (χ4n) is 1.63. The van der Waals surface area contributed by atoms with E-state index in [1.54, 1.807) is 0 Å². The molecule has 88 valence electrons. The van der Waals surface area contributed by atoms with Crippen molar-refractivity contribution in [1.29, 1.82) is 0 Å². The van der Waals surface area contributed by atoms with Crippen molar-refractivity contribution in [3.05, 3.63) is 0 Å². The highest BCUT2D eigenvalue weighted by atomic mass is 32.2. The second kappa shape index (κ2) is 4.83. The van der Waals surface area contributed by atoms with Gasteiger partial charge in [0.15, 0.2) is 15.8 Å². The highest BCUT2D eigenvalue weighted by Crippen LogP contribution is 2.14. The summed E-state index contributed by atoms with van der Waals surface area (Å²) >= 11 is 0. The predicted molar refractivity (Wildman–Crippen MR) is 61.6 cm³/mol. The predicted octanol–water partition coefficient (Wildman–Crippen LogP) is -0.124. The maximum atomic E-state index is 11.3. The number of hydrogen-bond donors (Lipinski definition) is 2. The molecule has 0 radical (unpaired) electrons. The summed E-state index contributed by atoms with van der Waals surface area (Å²) in [6.45, 7) is 3.92. The van der Waals surface area contributed by atoms with Crippen LogP contribution in [-0.4, -0.2) is 38.0 Å². The first-order chi connectivity index (χ1) is 6.89. The maximum absolute atomic E-state index is 11.3. The van der Waals surface area contributed by atoms with Crippen molar-refractivity contribution in [2.75, 3.05) is 11.5 Å². The molecule has 1 heterocycles. The number of sulfone groups is 1. The number of hydrogen-bond acceptors (Lipinski definition) is 3. The minimum absolute atomic E-state index is 0.132. The molecule has 1 rings (SSSR count). The van der Waals surface area contributed by atoms with E-state index in [2.05, 4.69) is 10.3 Å². The van der Waals surface area contributed by atoms with Crippen molar-refractivity contribution in [2.24, 2.45) is 10.7 Å². The molecular formula is C9H19N3O2S. The van der Waals surface area contributed by atoms with Crippen molar-refractivity contribution in [2.45, 2.75) is 38.8 Å². The van der Waals surface area contributed by atoms with Crippen LogP contribution in [0.3, 0.4) is 0 Å². The largest absolute Gasteiger partial charge is 0.370 e. The third-order valence-electron chi connectivity index (χ3n) is 2.20. The number of nitrogens with two attached hydrogens (primary N) is 1. The molecule has 0 aromatic rings. The lowest BCUT2D eigenvalue weighted by Gasteiger charge is -2.19. The molecule has 15 heavy (non-hydrogen) atoms. The Bertz CT molecular complexity index is 335. The molecule has 6 heteroatoms. The molecule has 0 spiro atoms. The molecule has 1 aliphatic heterocycles. The number of aliphatic imine (C=N–C) groups is 1. The van der Waals surface area contributed by atoms with Crippen molar-refractivity contribution in [3.8, 4) is 0 Å². The number of nitrogens with zero attached hydrogens (tertiary/aromatic N) is 1. The van der Waals surface area contributed by atoms with E-state index in [0.29, 0.717) is 12.4 Å². The zero-order valence-corrected chi connectivity index (χ0v) is 10.0. The number of guanidine groups is 1. The summed E-state index contributed by atoms with van der Waals surface area (Å²) in [7, 11) is -2.90. The minimum atomic E-state index is -2.90. The van der Waals surface area contributed by atoms with E-state index in [4.69, 9.17) is 5.73 Å². The molecule has 0 aromatic carbocycles. The lowest BCUT2D eigenvalue weighted by atomic mass is 10.2. The number of nitrogens with one attached hydrogen (secondary N) is 1. The Balaban J connectivity index is 2.58. The molecule has 0 bridgehead atoms. The molecule has 0 aliphatic carbocycles. The molecule has 1 atom stereocenters. The van der Waals surface area contributed by atoms with E-state index in [9.17, 15) is 8.42 Å². The fraction of sp³-hybridized carbons (Fsp3) is 0.889. The van der Waals surface area contributed by atoms with Crippen molar-refractivity contribution >= 4 is 15.8 Å². The van der Waals surface area contributed by atoms with Gasteiger partial charge < -0.3 is 11.1 Å². The second-order valence-electron chi connectivity index (χ2n) is 4.22. The Morgan fingerprint density at radius 1 is 1.53 bits per heavy atom. The van der Waals surface area contributed by atoms with Gasteiger partial charge in [0.25, 0.3) is 0 Å². The van der Waals surface area contributed by atoms with Crippen LogP contribution in [0.5, 0.6) is 0 Å². The van der Waals surface area contributed by atoms with Crippen LogP contribution in [0.1, 0.15) is 26.7 Å². The summed E-state index contributed by atoms with van der Waals surface area (Å²) in [5, 5.41) is 2.95. The standard InChI is InChI=1S/C9H19N3O2S/c1-7(2)11-9(10)12-8-4-3-5-15(13,14)6-8/h7-8H,3-6H2,1-2H3,(H3,10,11,12). The van der Waals surface area contributed by atoms with E-state index < -0.39 is 9.84 Å². The summed E-state index contributed by atoms with van der Waals surface area (Å²) in [5.74, 6) is 0.761. The van der Waals surface area contributed by atoms with Gasteiger partial charge in [0.05, 0.1) is 17.5 Å². The van der Waals surface area contributed by atoms with E-state index in [1.165, 1.54) is 0 Å². The highest BCUT2D eigenvalue weighted by molar-refractivity contribution is 7.91. The van der Waals surface area contributed by atoms with E-state index >= 15 is 0 Å². The Morgan fingerprint density at radius 2 is 2.20 bits per heavy atom. The van der Waals surface area contributed by atoms with Gasteiger partial charge in [-0.25, -0.2) is 13.4 Å². The molecule has 5 nitrogen and oxygen atoms in total. The van der Waals surface area contributed by atoms with Crippen LogP contribution in [0.15, 0.2) is 4.99 Å². The SMILES string of the molecule is CC(C)NC(N)=NC1CCCS(=O)(=O)C1. The van der Waals surface area contributed by atoms with Crippen LogP contribution in [0, 0.1) is 0 Å². The van der Waals surface area contributed by atoms with Crippen LogP contribution in [0.4, 0.5) is 0 Å². The van der Waals surface area contributed by atoms with E-state index in [1.807, 2.05) is 13.8 Å². The molecule has 3 N–H and O–H groups in total. The van der Waals surface area contributed by atoms with Crippen LogP contribution in [-0.2, 0) is 9.84 Å². The summed E-state index contributed by atoms with van der Waals surface area (Å²) < 4.78 is 22.7. The zero-order chi connectivity index (χ0) is 11.5. The smallest absolute Gasteiger partial charge is 0.189 e. The van der Waals surface area contributed by atoms with Gasteiger partial charge in [-0.2, -0.15) is 0 Å². The van der Waals surface area contributed by atoms with Crippen LogP contribution >= 0.6 is 0 Å². The van der Waals surface area contributed by atoms with Crippen molar-refractivity contribution < 1.29 is 8.42 Å². The van der Waals surface area contributed by atoms with Gasteiger partial charge in [-0.3, -0.25) is 0 Å². The van der Waals surface area contributed by atoms with Crippen LogP contribution in [0.2, 0.25) is 0 Å². The molecule has 1 fully saturated rings. The molecule has 1 unspecified atom stereocenters. The molecule has 1 saturated heterocycles. The minimum Gasteiger partial charge on any atom is -0.370 e. The first-order valence-corrected chi connectivity index (χ1v) is 7.01. The molecule has 0 saturated carbocycles. The monoisotopic (exact) mass is 233 g/mol. The fourth-order valence-corrected chi connectivity index (χ4v) is 3.23. The van der Waals surface area contributed by atoms with Crippen molar-refractivity contribution in [1.82, 2.24) is 5.32 Å². The maximum Gasteiger partial charge on any atom is 0.189 e. The van der Waals surface area contributed by atoms with E-state index in [0.717, 1.165) is 6.42 Å². The molecular weight excluding hydrogens is 214 g/mol. The Hall–Kier alpha value is -0.780. The molecule has 0 amide bonds. The molecule has 0 aromatic heterocycles. The third kappa shape index (κ3) is 4.51. The summed E-state index contributed by atoms with van der Waals surface area (Å²) in [6, 6.07) is 0.0453. The van der Waals surface area contributed by atoms with Gasteiger partial charge in [-0.1, -0.05) is 0 Å². The lowest BCUT2D eigenvalue weighted by molar-refractivity contribution is 0.551. The highest BCUT2D eigenvalue weighted by Gasteiger charge is 2.24. The van der Waals surface area contributed by atoms with Gasteiger partial charge in [-0.05, 0) is 26.7 Å². The van der Waals surface area contributed by atoms with E-state index in [-0.39, 0.29) is 23.6 Å². The average Bonchev–Trinajstić information content (AvgIpc) is 1.99. The molecule has 1 aliphatic rings. The van der Waals surface area contributed by atoms with Crippen LogP contribution in [0.25, 0.3) is 0 Å². The second-order valence-corrected chi connectivity index (χ2v) is 6.45. The van der Waals surface area contributed by atoms with Gasteiger partial charge in [0.2, 0.25) is 0 Å². The first-order valence-electron chi connectivity index (χ1n) is 5.19. The quantitative estimate of drug-likeness (QED) is 0.514. The van der Waals surface area contributed by atoms with Crippen molar-refractivity contribution in [3.63, 3.8) is 0 Å². The number of rotatable bonds is 2. The first kappa shape index (κ1) is 12.3. The van der Waals surface area contributed by atoms with Gasteiger partial charge in [0.1, 0.15) is 0 Å². The lowest BCUT2D eigenvalue weighted by Crippen LogP contribution is -2.39. The Kier molecular flexibility index (Phi) is 3.96. The summed E-state index contributed by atoms with van der Waals surface area (Å²) in [5.41, 5.74) is 5.64. The Morgan fingerprint density at radius 3 is 2.73 bits per heavy atom. The van der Waals surface area contributed by atoms with Gasteiger partial charge in [-0.15, -0.1) is 0 Å². The van der Waals surface area contributed by atoms with Gasteiger partial charge >= 0.3 is 0 Å². The topological polar surface area (TPSA) is 84.5 Å². The zero-order valence-electron chi connectivity index (χ0n) is 9.23. The normalized spacial score (nSPS) is 26.6. The third-order valence-corrected chi connectivity index (χ3v) is 4.00. The van der Waals surface area contributed by atoms with Crippen LogP contribution < -0.4 is 11.1 Å². The Labute approximate surface area is 91.1 Å². The summed E-state index contributed by atoms with van der Waals surface area (Å²) in [4.78, 5) is 4.18.